The summed E-state index contributed by atoms with van der Waals surface area (Å²) in [7, 11) is 0. The summed E-state index contributed by atoms with van der Waals surface area (Å²) in [6, 6.07) is 0. The van der Waals surface area contributed by atoms with Crippen LogP contribution in [0.25, 0.3) is 0 Å². The summed E-state index contributed by atoms with van der Waals surface area (Å²) >= 11 is 0. The maximum absolute atomic E-state index is 13.0. The Bertz CT molecular complexity index is 1550. The first-order valence-electron chi connectivity index (χ1n) is 35.6. The highest BCUT2D eigenvalue weighted by molar-refractivity contribution is 5.71. The largest absolute Gasteiger partial charge is 0.462 e. The van der Waals surface area contributed by atoms with E-state index in [0.29, 0.717) is 19.3 Å². The van der Waals surface area contributed by atoms with E-state index in [1.54, 1.807) is 0 Å². The van der Waals surface area contributed by atoms with Gasteiger partial charge < -0.3 is 14.2 Å². The summed E-state index contributed by atoms with van der Waals surface area (Å²) in [6.07, 6.45) is 93.1. The van der Waals surface area contributed by atoms with Gasteiger partial charge in [-0.2, -0.15) is 0 Å². The number of rotatable bonds is 65. The van der Waals surface area contributed by atoms with Gasteiger partial charge in [-0.05, 0) is 122 Å². The predicted octanol–water partition coefficient (Wildman–Crippen LogP) is 24.6. The molecule has 0 aliphatic carbocycles. The van der Waals surface area contributed by atoms with Crippen LogP contribution in [0, 0.1) is 0 Å². The van der Waals surface area contributed by atoms with Gasteiger partial charge in [-0.15, -0.1) is 0 Å². The van der Waals surface area contributed by atoms with E-state index in [4.69, 9.17) is 14.2 Å². The van der Waals surface area contributed by atoms with Crippen LogP contribution in [0.2, 0.25) is 0 Å². The molecule has 0 aliphatic rings. The zero-order chi connectivity index (χ0) is 59.2. The number of esters is 3. The first-order chi connectivity index (χ1) is 40.5. The van der Waals surface area contributed by atoms with Crippen LogP contribution in [0.15, 0.2) is 85.1 Å². The molecule has 0 saturated carbocycles. The van der Waals surface area contributed by atoms with E-state index in [2.05, 4.69) is 106 Å². The van der Waals surface area contributed by atoms with Gasteiger partial charge in [-0.25, -0.2) is 0 Å². The van der Waals surface area contributed by atoms with E-state index in [-0.39, 0.29) is 31.1 Å². The summed E-state index contributed by atoms with van der Waals surface area (Å²) in [6.45, 7) is 6.64. The van der Waals surface area contributed by atoms with E-state index in [9.17, 15) is 14.4 Å². The molecule has 0 spiro atoms. The van der Waals surface area contributed by atoms with Gasteiger partial charge in [0.05, 0.1) is 0 Å². The zero-order valence-corrected chi connectivity index (χ0v) is 54.5. The molecule has 0 heterocycles. The molecule has 0 bridgehead atoms. The fourth-order valence-electron chi connectivity index (χ4n) is 10.2. The molecule has 0 aromatic rings. The minimum atomic E-state index is -0.790. The highest BCUT2D eigenvalue weighted by atomic mass is 16.6. The van der Waals surface area contributed by atoms with E-state index in [1.165, 1.54) is 218 Å². The Labute approximate surface area is 509 Å². The lowest BCUT2D eigenvalue weighted by atomic mass is 10.0. The third-order valence-corrected chi connectivity index (χ3v) is 15.6. The van der Waals surface area contributed by atoms with Crippen LogP contribution in [0.1, 0.15) is 361 Å². The van der Waals surface area contributed by atoms with E-state index in [0.717, 1.165) is 103 Å². The number of unbranched alkanes of at least 4 members (excludes halogenated alkanes) is 40. The molecule has 0 N–H and O–H groups in total. The van der Waals surface area contributed by atoms with Crippen LogP contribution < -0.4 is 0 Å². The Hall–Kier alpha value is -3.41. The fraction of sp³-hybridized carbons (Fsp3) is 0.776. The van der Waals surface area contributed by atoms with Crippen molar-refractivity contribution in [2.45, 2.75) is 367 Å². The third-order valence-electron chi connectivity index (χ3n) is 15.6. The van der Waals surface area contributed by atoms with Crippen LogP contribution in [-0.2, 0) is 28.6 Å². The summed E-state index contributed by atoms with van der Waals surface area (Å²) in [5.41, 5.74) is 0. The van der Waals surface area contributed by atoms with Crippen LogP contribution in [0.5, 0.6) is 0 Å². The summed E-state index contributed by atoms with van der Waals surface area (Å²) in [5, 5.41) is 0. The van der Waals surface area contributed by atoms with Gasteiger partial charge in [0.1, 0.15) is 13.2 Å². The third kappa shape index (κ3) is 67.4. The number of carbonyl (C=O) groups excluding carboxylic acids is 3. The molecule has 0 aromatic carbocycles. The second kappa shape index (κ2) is 70.1. The normalized spacial score (nSPS) is 12.6. The van der Waals surface area contributed by atoms with Crippen molar-refractivity contribution in [2.24, 2.45) is 0 Å². The smallest absolute Gasteiger partial charge is 0.306 e. The molecule has 0 amide bonds. The maximum Gasteiger partial charge on any atom is 0.306 e. The SMILES string of the molecule is CCCCCCC/C=C\C/C=C\C/C=C\CCCCCCCCCCCCCCC(=O)OCC(COC(=O)CCCCCCC/C=C\CCCCCCCCC)OC(=O)CCCCCCCC/C=C\C/C=C\C/C=C\CCCCCCC. The summed E-state index contributed by atoms with van der Waals surface area (Å²) < 4.78 is 17.0. The number of hydrogen-bond donors (Lipinski definition) is 0. The van der Waals surface area contributed by atoms with Gasteiger partial charge in [0.2, 0.25) is 0 Å². The Balaban J connectivity index is 4.35. The second-order valence-electron chi connectivity index (χ2n) is 23.8. The van der Waals surface area contributed by atoms with Gasteiger partial charge in [-0.3, -0.25) is 14.4 Å². The van der Waals surface area contributed by atoms with Gasteiger partial charge >= 0.3 is 17.9 Å². The molecule has 1 atom stereocenters. The minimum absolute atomic E-state index is 0.0839. The Morgan fingerprint density at radius 1 is 0.244 bits per heavy atom. The molecule has 0 fully saturated rings. The highest BCUT2D eigenvalue weighted by Gasteiger charge is 2.19. The Kier molecular flexibility index (Phi) is 67.2. The number of allylic oxidation sites excluding steroid dienone is 14. The van der Waals surface area contributed by atoms with Crippen molar-refractivity contribution in [2.75, 3.05) is 13.2 Å². The molecular formula is C76H134O6. The molecule has 0 aliphatic heterocycles. The maximum atomic E-state index is 13.0. The van der Waals surface area contributed by atoms with Gasteiger partial charge in [-0.1, -0.05) is 305 Å². The standard InChI is InChI=1S/C76H134O6/c1-4-7-10-13-16-19-22-25-28-31-33-35-36-37-38-39-40-42-43-45-48-51-54-57-60-63-66-69-75(78)81-72-73(71-80-74(77)68-65-62-59-56-53-50-47-30-27-24-21-18-15-12-9-6-3)82-76(79)70-67-64-61-58-55-52-49-46-44-41-34-32-29-26-23-20-17-14-11-8-5-2/h22-23,25-26,30-34,36-37,44,46-47,73H,4-21,24,27-29,35,38-43,45,48-72H2,1-3H3/b25-22-,26-23-,33-31-,34-32-,37-36-,46-44-,47-30-. The average Bonchev–Trinajstić information content (AvgIpc) is 3.47. The van der Waals surface area contributed by atoms with Crippen molar-refractivity contribution in [3.63, 3.8) is 0 Å². The van der Waals surface area contributed by atoms with Crippen LogP contribution in [-0.4, -0.2) is 37.2 Å². The molecule has 474 valence electrons. The van der Waals surface area contributed by atoms with Gasteiger partial charge in [0.15, 0.2) is 6.10 Å². The number of carbonyl (C=O) groups is 3. The van der Waals surface area contributed by atoms with E-state index in [1.807, 2.05) is 0 Å². The van der Waals surface area contributed by atoms with Crippen LogP contribution >= 0.6 is 0 Å². The number of hydrogen-bond acceptors (Lipinski definition) is 6. The quantitative estimate of drug-likeness (QED) is 0.0261. The van der Waals surface area contributed by atoms with E-state index >= 15 is 0 Å². The molecule has 82 heavy (non-hydrogen) atoms. The molecule has 0 aromatic heterocycles. The zero-order valence-electron chi connectivity index (χ0n) is 54.5. The van der Waals surface area contributed by atoms with Crippen LogP contribution in [0.4, 0.5) is 0 Å². The van der Waals surface area contributed by atoms with Crippen molar-refractivity contribution in [1.29, 1.82) is 0 Å². The molecular weight excluding hydrogens is 1010 g/mol. The molecule has 6 nitrogen and oxygen atoms in total. The van der Waals surface area contributed by atoms with E-state index < -0.39 is 6.10 Å². The summed E-state index contributed by atoms with van der Waals surface area (Å²) in [4.78, 5) is 38.5. The first kappa shape index (κ1) is 78.6. The monoisotopic (exact) mass is 1140 g/mol. The van der Waals surface area contributed by atoms with Crippen molar-refractivity contribution in [1.82, 2.24) is 0 Å². The molecule has 0 saturated heterocycles. The lowest BCUT2D eigenvalue weighted by Crippen LogP contribution is -2.30. The van der Waals surface area contributed by atoms with Crippen molar-refractivity contribution < 1.29 is 28.6 Å². The fourth-order valence-corrected chi connectivity index (χ4v) is 10.2. The first-order valence-corrected chi connectivity index (χ1v) is 35.6. The Morgan fingerprint density at radius 3 is 0.695 bits per heavy atom. The second-order valence-corrected chi connectivity index (χ2v) is 23.8. The topological polar surface area (TPSA) is 78.9 Å². The minimum Gasteiger partial charge on any atom is -0.462 e. The molecule has 6 heteroatoms. The predicted molar refractivity (Wildman–Crippen MR) is 358 cm³/mol. The number of ether oxygens (including phenoxy) is 3. The molecule has 0 rings (SSSR count). The lowest BCUT2D eigenvalue weighted by Gasteiger charge is -2.18. The van der Waals surface area contributed by atoms with Gasteiger partial charge in [0.25, 0.3) is 0 Å². The molecule has 1 unspecified atom stereocenters. The van der Waals surface area contributed by atoms with Crippen LogP contribution in [0.3, 0.4) is 0 Å². The Morgan fingerprint density at radius 2 is 0.439 bits per heavy atom. The van der Waals surface area contributed by atoms with Crippen molar-refractivity contribution in [3.05, 3.63) is 85.1 Å². The van der Waals surface area contributed by atoms with Crippen molar-refractivity contribution in [3.8, 4) is 0 Å². The van der Waals surface area contributed by atoms with Crippen molar-refractivity contribution >= 4 is 17.9 Å². The highest BCUT2D eigenvalue weighted by Crippen LogP contribution is 2.17. The van der Waals surface area contributed by atoms with Gasteiger partial charge in [0, 0.05) is 19.3 Å². The average molecular weight is 1140 g/mol. The molecule has 0 radical (unpaired) electrons. The summed E-state index contributed by atoms with van der Waals surface area (Å²) in [5.74, 6) is -0.889. The lowest BCUT2D eigenvalue weighted by molar-refractivity contribution is -0.167.